The van der Waals surface area contributed by atoms with Gasteiger partial charge in [0.1, 0.15) is 17.1 Å². The fraction of sp³-hybridized carbons (Fsp3) is 0.364. The number of rotatable bonds is 5. The van der Waals surface area contributed by atoms with E-state index in [9.17, 15) is 18.0 Å². The van der Waals surface area contributed by atoms with Crippen molar-refractivity contribution in [2.45, 2.75) is 32.5 Å². The van der Waals surface area contributed by atoms with Crippen LogP contribution in [0, 0.1) is 12.8 Å². The number of carbonyl (C=O) groups excluding carboxylic acids is 1. The minimum absolute atomic E-state index is 0.0336. The summed E-state index contributed by atoms with van der Waals surface area (Å²) >= 11 is 0. The number of hydrogen-bond donors (Lipinski definition) is 1. The third-order valence-electron chi connectivity index (χ3n) is 5.55. The minimum Gasteiger partial charge on any atom is -0.361 e. The zero-order valence-corrected chi connectivity index (χ0v) is 17.4. The monoisotopic (exact) mass is 445 g/mol. The third kappa shape index (κ3) is 4.74. The maximum absolute atomic E-state index is 12.9. The molecule has 0 spiro atoms. The summed E-state index contributed by atoms with van der Waals surface area (Å²) in [7, 11) is 0. The first-order valence-electron chi connectivity index (χ1n) is 10.3. The van der Waals surface area contributed by atoms with Crippen LogP contribution in [0.3, 0.4) is 0 Å². The number of carbonyl (C=O) groups is 1. The Morgan fingerprint density at radius 2 is 1.91 bits per heavy atom. The van der Waals surface area contributed by atoms with Crippen molar-refractivity contribution in [3.8, 4) is 11.3 Å². The van der Waals surface area contributed by atoms with E-state index in [1.165, 1.54) is 0 Å². The Labute approximate surface area is 182 Å². The van der Waals surface area contributed by atoms with Crippen LogP contribution in [0.1, 0.15) is 29.9 Å². The minimum atomic E-state index is -4.52. The molecule has 1 aromatic carbocycles. The second-order valence-electron chi connectivity index (χ2n) is 7.65. The molecule has 168 valence electrons. The van der Waals surface area contributed by atoms with Gasteiger partial charge in [0.25, 0.3) is 0 Å². The third-order valence-corrected chi connectivity index (χ3v) is 5.55. The standard InChI is InChI=1S/C22H22F3N5O2/c1-14-17(19(29-32-14)15-5-3-2-4-6-15)13-27-20(31)16-8-11-30(12-9-16)21-26-10-7-18(28-21)22(23,24)25/h2-7,10,16H,8-9,11-13H2,1H3,(H,27,31). The molecule has 1 aliphatic rings. The average Bonchev–Trinajstić information content (AvgIpc) is 3.18. The summed E-state index contributed by atoms with van der Waals surface area (Å²) in [5.41, 5.74) is 1.45. The second kappa shape index (κ2) is 8.97. The highest BCUT2D eigenvalue weighted by Gasteiger charge is 2.34. The second-order valence-corrected chi connectivity index (χ2v) is 7.65. The highest BCUT2D eigenvalue weighted by molar-refractivity contribution is 5.79. The number of nitrogens with one attached hydrogen (secondary N) is 1. The molecule has 0 aliphatic carbocycles. The van der Waals surface area contributed by atoms with Gasteiger partial charge in [-0.25, -0.2) is 9.97 Å². The molecule has 2 aromatic heterocycles. The number of amides is 1. The molecule has 0 bridgehead atoms. The molecule has 1 N–H and O–H groups in total. The van der Waals surface area contributed by atoms with E-state index in [0.29, 0.717) is 37.4 Å². The van der Waals surface area contributed by atoms with Crippen molar-refractivity contribution in [2.24, 2.45) is 5.92 Å². The lowest BCUT2D eigenvalue weighted by Gasteiger charge is -2.31. The molecule has 3 heterocycles. The molecule has 1 saturated heterocycles. The van der Waals surface area contributed by atoms with Crippen LogP contribution < -0.4 is 10.2 Å². The number of piperidine rings is 1. The first-order chi connectivity index (χ1) is 15.3. The Morgan fingerprint density at radius 1 is 1.19 bits per heavy atom. The van der Waals surface area contributed by atoms with Crippen molar-refractivity contribution >= 4 is 11.9 Å². The lowest BCUT2D eigenvalue weighted by atomic mass is 9.96. The smallest absolute Gasteiger partial charge is 0.361 e. The van der Waals surface area contributed by atoms with E-state index in [-0.39, 0.29) is 24.3 Å². The van der Waals surface area contributed by atoms with Crippen LogP contribution in [0.2, 0.25) is 0 Å². The van der Waals surface area contributed by atoms with Gasteiger partial charge in [-0.2, -0.15) is 13.2 Å². The van der Waals surface area contributed by atoms with E-state index in [1.54, 1.807) is 11.8 Å². The number of aromatic nitrogens is 3. The van der Waals surface area contributed by atoms with Crippen LogP contribution in [0.25, 0.3) is 11.3 Å². The van der Waals surface area contributed by atoms with E-state index < -0.39 is 11.9 Å². The lowest BCUT2D eigenvalue weighted by Crippen LogP contribution is -2.41. The van der Waals surface area contributed by atoms with Crippen molar-refractivity contribution in [1.29, 1.82) is 0 Å². The number of benzene rings is 1. The van der Waals surface area contributed by atoms with E-state index >= 15 is 0 Å². The summed E-state index contributed by atoms with van der Waals surface area (Å²) in [5, 5.41) is 7.07. The van der Waals surface area contributed by atoms with Crippen molar-refractivity contribution in [3.05, 3.63) is 59.6 Å². The first kappa shape index (κ1) is 21.8. The average molecular weight is 445 g/mol. The van der Waals surface area contributed by atoms with Crippen LogP contribution in [-0.4, -0.2) is 34.1 Å². The molecule has 0 unspecified atom stereocenters. The molecule has 1 fully saturated rings. The Bertz CT molecular complexity index is 1080. The predicted octanol–water partition coefficient (Wildman–Crippen LogP) is 3.99. The maximum Gasteiger partial charge on any atom is 0.433 e. The van der Waals surface area contributed by atoms with Gasteiger partial charge in [-0.3, -0.25) is 4.79 Å². The Kier molecular flexibility index (Phi) is 6.11. The Hall–Kier alpha value is -3.43. The summed E-state index contributed by atoms with van der Waals surface area (Å²) < 4.78 is 44.0. The fourth-order valence-electron chi connectivity index (χ4n) is 3.74. The molecule has 0 radical (unpaired) electrons. The molecule has 1 amide bonds. The van der Waals surface area contributed by atoms with Crippen LogP contribution in [-0.2, 0) is 17.5 Å². The van der Waals surface area contributed by atoms with Gasteiger partial charge in [-0.1, -0.05) is 35.5 Å². The van der Waals surface area contributed by atoms with Crippen molar-refractivity contribution in [2.75, 3.05) is 18.0 Å². The number of hydrogen-bond acceptors (Lipinski definition) is 6. The van der Waals surface area contributed by atoms with Crippen LogP contribution in [0.15, 0.2) is 47.1 Å². The van der Waals surface area contributed by atoms with Gasteiger partial charge in [-0.15, -0.1) is 0 Å². The van der Waals surface area contributed by atoms with Crippen molar-refractivity contribution in [1.82, 2.24) is 20.4 Å². The molecule has 10 heteroatoms. The number of aryl methyl sites for hydroxylation is 1. The van der Waals surface area contributed by atoms with Crippen LogP contribution in [0.4, 0.5) is 19.1 Å². The predicted molar refractivity (Wildman–Crippen MR) is 110 cm³/mol. The number of anilines is 1. The van der Waals surface area contributed by atoms with E-state index in [2.05, 4.69) is 20.4 Å². The molecule has 1 aliphatic heterocycles. The fourth-order valence-corrected chi connectivity index (χ4v) is 3.74. The molecule has 7 nitrogen and oxygen atoms in total. The molecule has 0 saturated carbocycles. The lowest BCUT2D eigenvalue weighted by molar-refractivity contribution is -0.141. The van der Waals surface area contributed by atoms with Gasteiger partial charge in [0.15, 0.2) is 0 Å². The molecule has 4 rings (SSSR count). The topological polar surface area (TPSA) is 84.2 Å². The van der Waals surface area contributed by atoms with Gasteiger partial charge in [0, 0.05) is 42.9 Å². The molecular formula is C22H22F3N5O2. The quantitative estimate of drug-likeness (QED) is 0.639. The zero-order valence-electron chi connectivity index (χ0n) is 17.4. The van der Waals surface area contributed by atoms with Gasteiger partial charge < -0.3 is 14.7 Å². The molecule has 0 atom stereocenters. The normalized spacial score (nSPS) is 15.1. The zero-order chi connectivity index (χ0) is 22.7. The van der Waals surface area contributed by atoms with Crippen molar-refractivity contribution in [3.63, 3.8) is 0 Å². The van der Waals surface area contributed by atoms with E-state index in [1.807, 2.05) is 30.3 Å². The first-order valence-corrected chi connectivity index (χ1v) is 10.3. The highest BCUT2D eigenvalue weighted by Crippen LogP contribution is 2.29. The van der Waals surface area contributed by atoms with Crippen LogP contribution in [0.5, 0.6) is 0 Å². The van der Waals surface area contributed by atoms with Gasteiger partial charge in [-0.05, 0) is 25.8 Å². The summed E-state index contributed by atoms with van der Waals surface area (Å²) in [4.78, 5) is 22.0. The maximum atomic E-state index is 12.9. The van der Waals surface area contributed by atoms with E-state index in [0.717, 1.165) is 23.4 Å². The summed E-state index contributed by atoms with van der Waals surface area (Å²) in [6.07, 6.45) is -2.41. The summed E-state index contributed by atoms with van der Waals surface area (Å²) in [6.45, 7) is 2.89. The summed E-state index contributed by atoms with van der Waals surface area (Å²) in [6, 6.07) is 10.4. The Morgan fingerprint density at radius 3 is 2.59 bits per heavy atom. The molecule has 32 heavy (non-hydrogen) atoms. The number of alkyl halides is 3. The molecule has 3 aromatic rings. The molecular weight excluding hydrogens is 423 g/mol. The largest absolute Gasteiger partial charge is 0.433 e. The highest BCUT2D eigenvalue weighted by atomic mass is 19.4. The number of nitrogens with zero attached hydrogens (tertiary/aromatic N) is 4. The Balaban J connectivity index is 1.35. The van der Waals surface area contributed by atoms with Crippen LogP contribution >= 0.6 is 0 Å². The van der Waals surface area contributed by atoms with Gasteiger partial charge >= 0.3 is 6.18 Å². The van der Waals surface area contributed by atoms with E-state index in [4.69, 9.17) is 4.52 Å². The van der Waals surface area contributed by atoms with Crippen molar-refractivity contribution < 1.29 is 22.5 Å². The SMILES string of the molecule is Cc1onc(-c2ccccc2)c1CNC(=O)C1CCN(c2nccc(C(F)(F)F)n2)CC1. The summed E-state index contributed by atoms with van der Waals surface area (Å²) in [5.74, 6) is 0.332. The van der Waals surface area contributed by atoms with Gasteiger partial charge in [0.05, 0.1) is 0 Å². The number of halogens is 3. The van der Waals surface area contributed by atoms with Gasteiger partial charge in [0.2, 0.25) is 11.9 Å².